The minimum absolute atomic E-state index is 0.401. The Balaban J connectivity index is 2.06. The van der Waals surface area contributed by atoms with Crippen molar-refractivity contribution >= 4 is 23.2 Å². The number of aromatic nitrogens is 2. The molecule has 0 radical (unpaired) electrons. The molecule has 19 heavy (non-hydrogen) atoms. The van der Waals surface area contributed by atoms with Crippen LogP contribution in [0.5, 0.6) is 11.6 Å². The van der Waals surface area contributed by atoms with E-state index in [-0.39, 0.29) is 0 Å². The molecule has 1 aromatic heterocycles. The molecule has 1 heterocycles. The van der Waals surface area contributed by atoms with Crippen molar-refractivity contribution in [1.29, 1.82) is 0 Å². The summed E-state index contributed by atoms with van der Waals surface area (Å²) in [4.78, 5) is 0. The number of nitrogens with one attached hydrogen (secondary N) is 1. The van der Waals surface area contributed by atoms with E-state index in [0.717, 1.165) is 12.2 Å². The number of benzene rings is 1. The van der Waals surface area contributed by atoms with Gasteiger partial charge in [-0.3, -0.25) is 0 Å². The highest BCUT2D eigenvalue weighted by atomic mass is 35.5. The van der Waals surface area contributed by atoms with Crippen LogP contribution in [-0.4, -0.2) is 16.7 Å². The topological polar surface area (TPSA) is 47.0 Å². The van der Waals surface area contributed by atoms with E-state index < -0.39 is 0 Å². The molecular formula is C13H13Cl2N3O. The first-order valence-electron chi connectivity index (χ1n) is 5.84. The first-order chi connectivity index (χ1) is 9.17. The maximum Gasteiger partial charge on any atom is 0.238 e. The minimum atomic E-state index is 0.401. The summed E-state index contributed by atoms with van der Waals surface area (Å²) in [6.07, 6.45) is 0. The highest BCUT2D eigenvalue weighted by Gasteiger charge is 2.03. The quantitative estimate of drug-likeness (QED) is 0.914. The largest absolute Gasteiger partial charge is 0.437 e. The van der Waals surface area contributed by atoms with E-state index in [1.165, 1.54) is 0 Å². The fraction of sp³-hybridized carbons (Fsp3) is 0.231. The molecule has 0 unspecified atom stereocenters. The predicted octanol–water partition coefficient (Wildman–Crippen LogP) is 3.69. The van der Waals surface area contributed by atoms with Crippen LogP contribution in [0.2, 0.25) is 10.0 Å². The van der Waals surface area contributed by atoms with E-state index in [0.29, 0.717) is 28.2 Å². The lowest BCUT2D eigenvalue weighted by Gasteiger charge is -2.06. The summed E-state index contributed by atoms with van der Waals surface area (Å²) in [6, 6.07) is 8.59. The highest BCUT2D eigenvalue weighted by molar-refractivity contribution is 6.34. The molecule has 0 aliphatic rings. The third kappa shape index (κ3) is 4.35. The van der Waals surface area contributed by atoms with Gasteiger partial charge in [0.2, 0.25) is 5.88 Å². The minimum Gasteiger partial charge on any atom is -0.437 e. The van der Waals surface area contributed by atoms with Crippen molar-refractivity contribution in [1.82, 2.24) is 15.5 Å². The number of rotatable bonds is 5. The molecule has 0 saturated heterocycles. The zero-order chi connectivity index (χ0) is 13.7. The molecular weight excluding hydrogens is 285 g/mol. The Hall–Kier alpha value is -1.36. The molecule has 0 saturated carbocycles. The summed E-state index contributed by atoms with van der Waals surface area (Å²) in [5, 5.41) is 12.2. The monoisotopic (exact) mass is 297 g/mol. The predicted molar refractivity (Wildman–Crippen MR) is 75.9 cm³/mol. The first-order valence-corrected chi connectivity index (χ1v) is 6.60. The summed E-state index contributed by atoms with van der Waals surface area (Å²) in [6.45, 7) is 3.61. The van der Waals surface area contributed by atoms with Gasteiger partial charge in [0.1, 0.15) is 5.75 Å². The van der Waals surface area contributed by atoms with E-state index in [2.05, 4.69) is 15.5 Å². The second-order valence-electron chi connectivity index (χ2n) is 3.85. The van der Waals surface area contributed by atoms with Gasteiger partial charge in [-0.05, 0) is 30.8 Å². The van der Waals surface area contributed by atoms with Crippen LogP contribution >= 0.6 is 23.2 Å². The Morgan fingerprint density at radius 3 is 2.42 bits per heavy atom. The van der Waals surface area contributed by atoms with Crippen LogP contribution < -0.4 is 10.1 Å². The number of ether oxygens (including phenoxy) is 1. The molecule has 1 N–H and O–H groups in total. The van der Waals surface area contributed by atoms with E-state index in [1.807, 2.05) is 13.0 Å². The van der Waals surface area contributed by atoms with Crippen molar-refractivity contribution in [3.05, 3.63) is 46.1 Å². The summed E-state index contributed by atoms with van der Waals surface area (Å²) in [5.41, 5.74) is 0.860. The summed E-state index contributed by atoms with van der Waals surface area (Å²) in [5.74, 6) is 0.935. The van der Waals surface area contributed by atoms with Crippen molar-refractivity contribution < 1.29 is 4.74 Å². The molecule has 0 fully saturated rings. The molecule has 2 aromatic rings. The third-order valence-electron chi connectivity index (χ3n) is 2.31. The van der Waals surface area contributed by atoms with Gasteiger partial charge in [0.05, 0.1) is 5.69 Å². The molecule has 100 valence electrons. The standard InChI is InChI=1S/C13H13Cl2N3O/c1-2-16-8-11-3-4-13(18-17-11)19-12-6-9(14)5-10(15)7-12/h3-7,16H,2,8H2,1H3. The van der Waals surface area contributed by atoms with Crippen molar-refractivity contribution in [3.8, 4) is 11.6 Å². The van der Waals surface area contributed by atoms with E-state index in [1.54, 1.807) is 24.3 Å². The highest BCUT2D eigenvalue weighted by Crippen LogP contribution is 2.27. The Morgan fingerprint density at radius 2 is 1.84 bits per heavy atom. The molecule has 1 aromatic carbocycles. The van der Waals surface area contributed by atoms with E-state index >= 15 is 0 Å². The summed E-state index contributed by atoms with van der Waals surface area (Å²) < 4.78 is 5.54. The lowest BCUT2D eigenvalue weighted by atomic mass is 10.3. The Bertz CT molecular complexity index is 526. The van der Waals surface area contributed by atoms with Crippen LogP contribution in [0.4, 0.5) is 0 Å². The van der Waals surface area contributed by atoms with Gasteiger partial charge < -0.3 is 10.1 Å². The molecule has 4 nitrogen and oxygen atoms in total. The lowest BCUT2D eigenvalue weighted by molar-refractivity contribution is 0.453. The zero-order valence-corrected chi connectivity index (χ0v) is 11.9. The van der Waals surface area contributed by atoms with E-state index in [9.17, 15) is 0 Å². The number of hydrogen-bond donors (Lipinski definition) is 1. The fourth-order valence-electron chi connectivity index (χ4n) is 1.46. The average Bonchev–Trinajstić information content (AvgIpc) is 2.37. The van der Waals surface area contributed by atoms with E-state index in [4.69, 9.17) is 27.9 Å². The maximum absolute atomic E-state index is 5.89. The number of halogens is 2. The van der Waals surface area contributed by atoms with Gasteiger partial charge in [-0.15, -0.1) is 5.10 Å². The molecule has 0 aliphatic heterocycles. The molecule has 0 atom stereocenters. The zero-order valence-electron chi connectivity index (χ0n) is 10.4. The average molecular weight is 298 g/mol. The number of nitrogens with zero attached hydrogens (tertiary/aromatic N) is 2. The number of hydrogen-bond acceptors (Lipinski definition) is 4. The lowest BCUT2D eigenvalue weighted by Crippen LogP contribution is -2.13. The maximum atomic E-state index is 5.89. The second-order valence-corrected chi connectivity index (χ2v) is 4.72. The Kier molecular flexibility index (Phi) is 4.96. The van der Waals surface area contributed by atoms with Crippen LogP contribution in [0.25, 0.3) is 0 Å². The fourth-order valence-corrected chi connectivity index (χ4v) is 1.96. The van der Waals surface area contributed by atoms with Gasteiger partial charge in [-0.1, -0.05) is 30.1 Å². The van der Waals surface area contributed by atoms with Crippen molar-refractivity contribution in [2.24, 2.45) is 0 Å². The Labute approximate surface area is 121 Å². The van der Waals surface area contributed by atoms with Crippen LogP contribution in [0.1, 0.15) is 12.6 Å². The van der Waals surface area contributed by atoms with Gasteiger partial charge in [0.15, 0.2) is 0 Å². The van der Waals surface area contributed by atoms with Crippen LogP contribution in [-0.2, 0) is 6.54 Å². The summed E-state index contributed by atoms with van der Waals surface area (Å²) in [7, 11) is 0. The SMILES string of the molecule is CCNCc1ccc(Oc2cc(Cl)cc(Cl)c2)nn1. The second kappa shape index (κ2) is 6.70. The van der Waals surface area contributed by atoms with Crippen molar-refractivity contribution in [2.45, 2.75) is 13.5 Å². The summed E-state index contributed by atoms with van der Waals surface area (Å²) >= 11 is 11.8. The molecule has 0 spiro atoms. The molecule has 0 amide bonds. The van der Waals surface area contributed by atoms with Gasteiger partial charge >= 0.3 is 0 Å². The normalized spacial score (nSPS) is 10.5. The third-order valence-corrected chi connectivity index (χ3v) is 2.75. The van der Waals surface area contributed by atoms with Gasteiger partial charge in [0.25, 0.3) is 0 Å². The van der Waals surface area contributed by atoms with Gasteiger partial charge in [-0.25, -0.2) is 0 Å². The van der Waals surface area contributed by atoms with Crippen molar-refractivity contribution in [2.75, 3.05) is 6.54 Å². The molecule has 0 aliphatic carbocycles. The van der Waals surface area contributed by atoms with Crippen LogP contribution in [0.3, 0.4) is 0 Å². The first kappa shape index (κ1) is 14.1. The van der Waals surface area contributed by atoms with Gasteiger partial charge in [-0.2, -0.15) is 5.10 Å². The molecule has 0 bridgehead atoms. The van der Waals surface area contributed by atoms with Gasteiger partial charge in [0, 0.05) is 22.7 Å². The van der Waals surface area contributed by atoms with Crippen LogP contribution in [0, 0.1) is 0 Å². The van der Waals surface area contributed by atoms with Crippen molar-refractivity contribution in [3.63, 3.8) is 0 Å². The molecule has 2 rings (SSSR count). The smallest absolute Gasteiger partial charge is 0.238 e. The molecule has 6 heteroatoms. The Morgan fingerprint density at radius 1 is 1.11 bits per heavy atom. The van der Waals surface area contributed by atoms with Crippen LogP contribution in [0.15, 0.2) is 30.3 Å².